The van der Waals surface area contributed by atoms with Crippen LogP contribution in [-0.4, -0.2) is 27.2 Å². The second kappa shape index (κ2) is 7.24. The first kappa shape index (κ1) is 19.2. The van der Waals surface area contributed by atoms with E-state index in [2.05, 4.69) is 4.72 Å². The third-order valence-electron chi connectivity index (χ3n) is 4.06. The molecule has 0 aliphatic carbocycles. The van der Waals surface area contributed by atoms with E-state index in [1.807, 2.05) is 13.8 Å². The average Bonchev–Trinajstić information content (AvgIpc) is 2.96. The van der Waals surface area contributed by atoms with E-state index in [0.29, 0.717) is 16.2 Å². The lowest BCUT2D eigenvalue weighted by Crippen LogP contribution is -2.15. The monoisotopic (exact) mass is 408 g/mol. The van der Waals surface area contributed by atoms with Crippen LogP contribution >= 0.6 is 11.3 Å². The molecule has 0 bridgehead atoms. The highest BCUT2D eigenvalue weighted by Crippen LogP contribution is 2.31. The van der Waals surface area contributed by atoms with Gasteiger partial charge in [0.2, 0.25) is 0 Å². The molecule has 9 heteroatoms. The number of anilines is 1. The Hall–Kier alpha value is -2.52. The van der Waals surface area contributed by atoms with E-state index in [1.54, 1.807) is 28.8 Å². The van der Waals surface area contributed by atoms with Crippen LogP contribution in [0.25, 0.3) is 10.2 Å². The van der Waals surface area contributed by atoms with Crippen molar-refractivity contribution in [1.82, 2.24) is 4.57 Å². The van der Waals surface area contributed by atoms with Crippen molar-refractivity contribution in [3.8, 4) is 11.5 Å². The molecule has 0 fully saturated rings. The van der Waals surface area contributed by atoms with Crippen LogP contribution in [0.5, 0.6) is 11.5 Å². The molecule has 2 aromatic carbocycles. The second-order valence-electron chi connectivity index (χ2n) is 6.13. The fourth-order valence-electron chi connectivity index (χ4n) is 2.77. The topological polar surface area (TPSA) is 86.6 Å². The van der Waals surface area contributed by atoms with Gasteiger partial charge in [-0.05, 0) is 44.2 Å². The maximum atomic E-state index is 12.9. The molecule has 0 saturated carbocycles. The maximum Gasteiger partial charge on any atom is 0.308 e. The van der Waals surface area contributed by atoms with E-state index in [4.69, 9.17) is 9.47 Å². The van der Waals surface area contributed by atoms with Crippen molar-refractivity contribution < 1.29 is 17.9 Å². The Morgan fingerprint density at radius 2 is 1.81 bits per heavy atom. The number of methoxy groups -OCH3 is 2. The van der Waals surface area contributed by atoms with E-state index in [0.717, 1.165) is 16.9 Å². The van der Waals surface area contributed by atoms with Crippen LogP contribution in [0, 0.1) is 0 Å². The van der Waals surface area contributed by atoms with Gasteiger partial charge in [-0.2, -0.15) is 0 Å². The Morgan fingerprint density at radius 3 is 2.44 bits per heavy atom. The van der Waals surface area contributed by atoms with Gasteiger partial charge >= 0.3 is 4.87 Å². The summed E-state index contributed by atoms with van der Waals surface area (Å²) in [5.41, 5.74) is 0.989. The Morgan fingerprint density at radius 1 is 1.07 bits per heavy atom. The van der Waals surface area contributed by atoms with Gasteiger partial charge in [0, 0.05) is 12.1 Å². The zero-order valence-corrected chi connectivity index (χ0v) is 17.0. The second-order valence-corrected chi connectivity index (χ2v) is 8.81. The van der Waals surface area contributed by atoms with Crippen molar-refractivity contribution in [3.05, 3.63) is 46.1 Å². The zero-order chi connectivity index (χ0) is 19.8. The summed E-state index contributed by atoms with van der Waals surface area (Å²) in [6, 6.07) is 9.49. The van der Waals surface area contributed by atoms with E-state index in [1.165, 1.54) is 26.4 Å². The molecule has 144 valence electrons. The minimum atomic E-state index is -3.88. The van der Waals surface area contributed by atoms with Crippen molar-refractivity contribution in [2.75, 3.05) is 18.9 Å². The molecular weight excluding hydrogens is 388 g/mol. The van der Waals surface area contributed by atoms with Crippen LogP contribution in [0.15, 0.2) is 46.1 Å². The maximum absolute atomic E-state index is 12.9. The molecule has 0 radical (unpaired) electrons. The molecule has 0 saturated heterocycles. The Labute approximate surface area is 161 Å². The molecule has 7 nitrogen and oxygen atoms in total. The normalized spacial score (nSPS) is 11.7. The molecule has 0 atom stereocenters. The molecule has 0 aliphatic rings. The van der Waals surface area contributed by atoms with Gasteiger partial charge in [0.05, 0.1) is 35.0 Å². The number of sulfonamides is 1. The summed E-state index contributed by atoms with van der Waals surface area (Å²) < 4.78 is 40.9. The van der Waals surface area contributed by atoms with Crippen molar-refractivity contribution in [3.63, 3.8) is 0 Å². The van der Waals surface area contributed by atoms with Crippen molar-refractivity contribution in [2.24, 2.45) is 0 Å². The summed E-state index contributed by atoms with van der Waals surface area (Å²) in [6.07, 6.45) is 0. The average molecular weight is 409 g/mol. The van der Waals surface area contributed by atoms with Gasteiger partial charge in [0.15, 0.2) is 0 Å². The van der Waals surface area contributed by atoms with Crippen molar-refractivity contribution in [2.45, 2.75) is 24.8 Å². The number of thiazole rings is 1. The largest absolute Gasteiger partial charge is 0.497 e. The third kappa shape index (κ3) is 3.65. The van der Waals surface area contributed by atoms with Gasteiger partial charge in [0.1, 0.15) is 11.5 Å². The van der Waals surface area contributed by atoms with Gasteiger partial charge in [-0.1, -0.05) is 11.3 Å². The van der Waals surface area contributed by atoms with Crippen LogP contribution in [0.2, 0.25) is 0 Å². The van der Waals surface area contributed by atoms with Gasteiger partial charge in [-0.3, -0.25) is 14.1 Å². The Bertz CT molecular complexity index is 1150. The number of hydrogen-bond acceptors (Lipinski definition) is 6. The highest BCUT2D eigenvalue weighted by molar-refractivity contribution is 7.92. The molecule has 1 heterocycles. The van der Waals surface area contributed by atoms with Crippen LogP contribution in [0.3, 0.4) is 0 Å². The predicted octanol–water partition coefficient (Wildman–Crippen LogP) is 3.46. The summed E-state index contributed by atoms with van der Waals surface area (Å²) >= 11 is 1.03. The number of benzene rings is 2. The number of hydrogen-bond donors (Lipinski definition) is 1. The van der Waals surface area contributed by atoms with Crippen LogP contribution < -0.4 is 19.1 Å². The van der Waals surface area contributed by atoms with Gasteiger partial charge in [-0.15, -0.1) is 0 Å². The quantitative estimate of drug-likeness (QED) is 0.675. The number of aromatic nitrogens is 1. The summed E-state index contributed by atoms with van der Waals surface area (Å²) in [5, 5.41) is 0. The summed E-state index contributed by atoms with van der Waals surface area (Å²) in [5.74, 6) is 0.868. The lowest BCUT2D eigenvalue weighted by molar-refractivity contribution is 0.405. The lowest BCUT2D eigenvalue weighted by atomic mass is 10.3. The number of ether oxygens (including phenoxy) is 2. The Balaban J connectivity index is 2.04. The SMILES string of the molecule is COc1ccc(OC)c(NS(=O)(=O)c2ccc3c(c2)sc(=O)n3C(C)C)c1. The highest BCUT2D eigenvalue weighted by Gasteiger charge is 2.19. The van der Waals surface area contributed by atoms with Crippen molar-refractivity contribution in [1.29, 1.82) is 0 Å². The first-order chi connectivity index (χ1) is 12.8. The van der Waals surface area contributed by atoms with Crippen LogP contribution in [0.1, 0.15) is 19.9 Å². The van der Waals surface area contributed by atoms with Gasteiger partial charge < -0.3 is 9.47 Å². The summed E-state index contributed by atoms with van der Waals surface area (Å²) in [7, 11) is -0.925. The van der Waals surface area contributed by atoms with E-state index < -0.39 is 10.0 Å². The van der Waals surface area contributed by atoms with E-state index in [-0.39, 0.29) is 21.5 Å². The molecule has 0 amide bonds. The molecule has 0 spiro atoms. The minimum Gasteiger partial charge on any atom is -0.497 e. The molecule has 27 heavy (non-hydrogen) atoms. The number of nitrogens with zero attached hydrogens (tertiary/aromatic N) is 1. The fraction of sp³-hybridized carbons (Fsp3) is 0.278. The molecule has 0 unspecified atom stereocenters. The molecular formula is C18H20N2O5S2. The lowest BCUT2D eigenvalue weighted by Gasteiger charge is -2.13. The molecule has 3 aromatic rings. The molecule has 0 aliphatic heterocycles. The summed E-state index contributed by atoms with van der Waals surface area (Å²) in [4.78, 5) is 12.1. The number of rotatable bonds is 6. The third-order valence-corrected chi connectivity index (χ3v) is 6.34. The van der Waals surface area contributed by atoms with Crippen molar-refractivity contribution >= 4 is 37.3 Å². The Kier molecular flexibility index (Phi) is 5.16. The smallest absolute Gasteiger partial charge is 0.308 e. The van der Waals surface area contributed by atoms with E-state index >= 15 is 0 Å². The molecule has 1 aromatic heterocycles. The summed E-state index contributed by atoms with van der Waals surface area (Å²) in [6.45, 7) is 3.82. The predicted molar refractivity (Wildman–Crippen MR) is 107 cm³/mol. The van der Waals surface area contributed by atoms with Gasteiger partial charge in [-0.25, -0.2) is 8.42 Å². The standard InChI is InChI=1S/C18H20N2O5S2/c1-11(2)20-15-7-6-13(10-17(15)26-18(20)21)27(22,23)19-14-9-12(24-3)5-8-16(14)25-4/h5-11,19H,1-4H3. The first-order valence-electron chi connectivity index (χ1n) is 8.16. The van der Waals surface area contributed by atoms with Gasteiger partial charge in [0.25, 0.3) is 10.0 Å². The minimum absolute atomic E-state index is 0.00660. The molecule has 3 rings (SSSR count). The first-order valence-corrected chi connectivity index (χ1v) is 10.5. The van der Waals surface area contributed by atoms with Crippen LogP contribution in [-0.2, 0) is 10.0 Å². The van der Waals surface area contributed by atoms with E-state index in [9.17, 15) is 13.2 Å². The fourth-order valence-corrected chi connectivity index (χ4v) is 4.98. The van der Waals surface area contributed by atoms with Crippen LogP contribution in [0.4, 0.5) is 5.69 Å². The number of fused-ring (bicyclic) bond motifs is 1. The molecule has 1 N–H and O–H groups in total. The highest BCUT2D eigenvalue weighted by atomic mass is 32.2. The zero-order valence-electron chi connectivity index (χ0n) is 15.3. The number of nitrogens with one attached hydrogen (secondary N) is 1.